The normalized spacial score (nSPS) is 31.9. The summed E-state index contributed by atoms with van der Waals surface area (Å²) in [6, 6.07) is 0. The largest absolute Gasteiger partial charge is 0.466 e. The van der Waals surface area contributed by atoms with E-state index in [1.54, 1.807) is 13.8 Å². The van der Waals surface area contributed by atoms with Gasteiger partial charge in [-0.3, -0.25) is 4.79 Å². The number of carbonyl (C=O) groups excluding carboxylic acids is 1. The molecule has 0 saturated heterocycles. The molecule has 0 aromatic carbocycles. The lowest BCUT2D eigenvalue weighted by Crippen LogP contribution is -2.22. The van der Waals surface area contributed by atoms with Gasteiger partial charge in [-0.15, -0.1) is 0 Å². The van der Waals surface area contributed by atoms with Crippen molar-refractivity contribution >= 4 is 5.97 Å². The highest BCUT2D eigenvalue weighted by atomic mass is 19.3. The van der Waals surface area contributed by atoms with Gasteiger partial charge < -0.3 is 4.74 Å². The van der Waals surface area contributed by atoms with Crippen molar-refractivity contribution in [2.45, 2.75) is 33.1 Å². The summed E-state index contributed by atoms with van der Waals surface area (Å²) in [6.07, 6.45) is -1.68. The minimum atomic E-state index is -2.40. The molecule has 0 spiro atoms. The van der Waals surface area contributed by atoms with Crippen LogP contribution >= 0.6 is 0 Å². The van der Waals surface area contributed by atoms with Gasteiger partial charge >= 0.3 is 5.97 Å². The fourth-order valence-corrected chi connectivity index (χ4v) is 1.72. The number of esters is 1. The zero-order valence-electron chi connectivity index (χ0n) is 7.85. The average molecular weight is 192 g/mol. The summed E-state index contributed by atoms with van der Waals surface area (Å²) in [5, 5.41) is 0. The van der Waals surface area contributed by atoms with Crippen molar-refractivity contribution in [2.75, 3.05) is 6.61 Å². The van der Waals surface area contributed by atoms with E-state index in [9.17, 15) is 13.6 Å². The van der Waals surface area contributed by atoms with Crippen LogP contribution in [-0.4, -0.2) is 19.0 Å². The average Bonchev–Trinajstić information content (AvgIpc) is 2.80. The molecule has 2 atom stereocenters. The Labute approximate surface area is 76.3 Å². The molecule has 1 fully saturated rings. The monoisotopic (exact) mass is 192 g/mol. The Morgan fingerprint density at radius 2 is 2.23 bits per heavy atom. The maximum absolute atomic E-state index is 12.3. The van der Waals surface area contributed by atoms with E-state index in [0.717, 1.165) is 0 Å². The fraction of sp³-hybridized carbons (Fsp3) is 0.889. The van der Waals surface area contributed by atoms with Gasteiger partial charge in [-0.2, -0.15) is 0 Å². The van der Waals surface area contributed by atoms with Crippen LogP contribution in [0.25, 0.3) is 0 Å². The number of alkyl halides is 2. The van der Waals surface area contributed by atoms with Gasteiger partial charge in [-0.05, 0) is 19.8 Å². The molecule has 76 valence electrons. The quantitative estimate of drug-likeness (QED) is 0.638. The second-order valence-electron chi connectivity index (χ2n) is 3.38. The van der Waals surface area contributed by atoms with Crippen LogP contribution in [0, 0.1) is 11.3 Å². The van der Waals surface area contributed by atoms with Crippen molar-refractivity contribution in [3.05, 3.63) is 0 Å². The van der Waals surface area contributed by atoms with Crippen molar-refractivity contribution in [1.29, 1.82) is 0 Å². The number of ether oxygens (including phenoxy) is 1. The second kappa shape index (κ2) is 3.60. The number of hydrogen-bond acceptors (Lipinski definition) is 2. The number of halogens is 2. The molecule has 0 bridgehead atoms. The molecule has 0 aliphatic heterocycles. The van der Waals surface area contributed by atoms with Gasteiger partial charge in [0.2, 0.25) is 6.43 Å². The molecule has 2 nitrogen and oxygen atoms in total. The lowest BCUT2D eigenvalue weighted by atomic mass is 10.0. The Bertz CT molecular complexity index is 206. The Kier molecular flexibility index (Phi) is 2.88. The second-order valence-corrected chi connectivity index (χ2v) is 3.38. The molecule has 0 aromatic rings. The zero-order valence-corrected chi connectivity index (χ0v) is 7.85. The van der Waals surface area contributed by atoms with E-state index >= 15 is 0 Å². The van der Waals surface area contributed by atoms with Gasteiger partial charge in [-0.1, -0.05) is 6.92 Å². The summed E-state index contributed by atoms with van der Waals surface area (Å²) in [6.45, 7) is 3.69. The van der Waals surface area contributed by atoms with Gasteiger partial charge in [0.05, 0.1) is 12.0 Å². The van der Waals surface area contributed by atoms with Gasteiger partial charge in [0.15, 0.2) is 0 Å². The van der Waals surface area contributed by atoms with Gasteiger partial charge in [0.25, 0.3) is 0 Å². The van der Waals surface area contributed by atoms with Crippen LogP contribution in [0.5, 0.6) is 0 Å². The van der Waals surface area contributed by atoms with Crippen molar-refractivity contribution in [3.63, 3.8) is 0 Å². The van der Waals surface area contributed by atoms with E-state index < -0.39 is 23.7 Å². The minimum Gasteiger partial charge on any atom is -0.466 e. The van der Waals surface area contributed by atoms with Crippen LogP contribution in [-0.2, 0) is 9.53 Å². The van der Waals surface area contributed by atoms with Gasteiger partial charge in [0.1, 0.15) is 0 Å². The zero-order chi connectivity index (χ0) is 10.1. The first-order chi connectivity index (χ1) is 6.08. The standard InChI is InChI=1S/C9H14F2O2/c1-3-9(8(12)13-4-2)5-6(9)7(10)11/h6-7H,3-5H2,1-2H3/t6-,9?/m1/s1. The molecule has 1 aliphatic carbocycles. The molecule has 0 aromatic heterocycles. The first-order valence-electron chi connectivity index (χ1n) is 4.53. The van der Waals surface area contributed by atoms with Crippen LogP contribution in [0.2, 0.25) is 0 Å². The Balaban J connectivity index is 2.59. The Morgan fingerprint density at radius 3 is 2.54 bits per heavy atom. The molecular formula is C9H14F2O2. The van der Waals surface area contributed by atoms with Crippen molar-refractivity contribution in [1.82, 2.24) is 0 Å². The third-order valence-electron chi connectivity index (χ3n) is 2.75. The molecule has 1 saturated carbocycles. The summed E-state index contributed by atoms with van der Waals surface area (Å²) >= 11 is 0. The number of carbonyl (C=O) groups is 1. The highest BCUT2D eigenvalue weighted by Gasteiger charge is 2.63. The lowest BCUT2D eigenvalue weighted by Gasteiger charge is -2.12. The van der Waals surface area contributed by atoms with Crippen LogP contribution < -0.4 is 0 Å². The van der Waals surface area contributed by atoms with Crippen molar-refractivity contribution in [2.24, 2.45) is 11.3 Å². The molecule has 1 rings (SSSR count). The van der Waals surface area contributed by atoms with Crippen molar-refractivity contribution in [3.8, 4) is 0 Å². The van der Waals surface area contributed by atoms with Crippen LogP contribution in [0.4, 0.5) is 8.78 Å². The summed E-state index contributed by atoms with van der Waals surface area (Å²) in [4.78, 5) is 11.3. The number of rotatable bonds is 4. The smallest absolute Gasteiger partial charge is 0.312 e. The Morgan fingerprint density at radius 1 is 1.62 bits per heavy atom. The predicted octanol–water partition coefficient (Wildman–Crippen LogP) is 2.23. The molecule has 0 radical (unpaired) electrons. The van der Waals surface area contributed by atoms with E-state index in [2.05, 4.69) is 0 Å². The third-order valence-corrected chi connectivity index (χ3v) is 2.75. The third kappa shape index (κ3) is 1.67. The molecule has 0 N–H and O–H groups in total. The molecular weight excluding hydrogens is 178 g/mol. The van der Waals surface area contributed by atoms with E-state index in [-0.39, 0.29) is 13.0 Å². The van der Waals surface area contributed by atoms with Crippen molar-refractivity contribution < 1.29 is 18.3 Å². The van der Waals surface area contributed by atoms with Crippen LogP contribution in [0.15, 0.2) is 0 Å². The summed E-state index contributed by atoms with van der Waals surface area (Å²) < 4.78 is 29.4. The van der Waals surface area contributed by atoms with Crippen LogP contribution in [0.1, 0.15) is 26.7 Å². The van der Waals surface area contributed by atoms with Gasteiger partial charge in [0, 0.05) is 5.92 Å². The van der Waals surface area contributed by atoms with E-state index in [1.807, 2.05) is 0 Å². The van der Waals surface area contributed by atoms with E-state index in [4.69, 9.17) is 4.74 Å². The summed E-state index contributed by atoms with van der Waals surface area (Å²) in [7, 11) is 0. The number of hydrogen-bond donors (Lipinski definition) is 0. The molecule has 0 amide bonds. The molecule has 0 heterocycles. The van der Waals surface area contributed by atoms with Crippen LogP contribution in [0.3, 0.4) is 0 Å². The minimum absolute atomic E-state index is 0.260. The molecule has 1 aliphatic rings. The highest BCUT2D eigenvalue weighted by molar-refractivity contribution is 5.80. The van der Waals surface area contributed by atoms with Gasteiger partial charge in [-0.25, -0.2) is 8.78 Å². The lowest BCUT2D eigenvalue weighted by molar-refractivity contribution is -0.151. The maximum atomic E-state index is 12.3. The fourth-order valence-electron chi connectivity index (χ4n) is 1.72. The SMILES string of the molecule is CCOC(=O)C1(CC)C[C@@H]1C(F)F. The predicted molar refractivity (Wildman–Crippen MR) is 43.5 cm³/mol. The topological polar surface area (TPSA) is 26.3 Å². The van der Waals surface area contributed by atoms with E-state index in [1.165, 1.54) is 0 Å². The Hall–Kier alpha value is -0.670. The molecule has 1 unspecified atom stereocenters. The highest BCUT2D eigenvalue weighted by Crippen LogP contribution is 2.58. The first kappa shape index (κ1) is 10.4. The first-order valence-corrected chi connectivity index (χ1v) is 4.53. The maximum Gasteiger partial charge on any atom is 0.312 e. The summed E-state index contributed by atoms with van der Waals surface area (Å²) in [5.41, 5.74) is -0.871. The summed E-state index contributed by atoms with van der Waals surface area (Å²) in [5.74, 6) is -1.24. The molecule has 13 heavy (non-hydrogen) atoms. The van der Waals surface area contributed by atoms with E-state index in [0.29, 0.717) is 6.42 Å². The molecule has 4 heteroatoms.